The van der Waals surface area contributed by atoms with Crippen LogP contribution in [0.4, 0.5) is 0 Å². The molecular formula is C12H19NO2. The van der Waals surface area contributed by atoms with Crippen LogP contribution in [0.1, 0.15) is 33.6 Å². The molecule has 0 unspecified atom stereocenters. The first-order valence-corrected chi connectivity index (χ1v) is 5.16. The van der Waals surface area contributed by atoms with Crippen LogP contribution in [0, 0.1) is 5.41 Å². The number of rotatable bonds is 2. The Morgan fingerprint density at radius 1 is 1.47 bits per heavy atom. The summed E-state index contributed by atoms with van der Waals surface area (Å²) in [5.74, 6) is 0.521. The number of methoxy groups -OCH3 is 1. The van der Waals surface area contributed by atoms with E-state index in [1.165, 1.54) is 0 Å². The van der Waals surface area contributed by atoms with Crippen LogP contribution in [-0.4, -0.2) is 13.0 Å². The molecule has 0 saturated heterocycles. The van der Waals surface area contributed by atoms with E-state index in [1.54, 1.807) is 7.11 Å². The highest BCUT2D eigenvalue weighted by molar-refractivity contribution is 5.97. The van der Waals surface area contributed by atoms with Crippen molar-refractivity contribution in [3.05, 3.63) is 23.0 Å². The van der Waals surface area contributed by atoms with Gasteiger partial charge in [0.1, 0.15) is 5.76 Å². The summed E-state index contributed by atoms with van der Waals surface area (Å²) in [5, 5.41) is 0. The molecule has 0 aromatic rings. The average Bonchev–Trinajstić information content (AvgIpc) is 2.15. The van der Waals surface area contributed by atoms with Gasteiger partial charge in [0.2, 0.25) is 5.91 Å². The van der Waals surface area contributed by atoms with Gasteiger partial charge >= 0.3 is 0 Å². The van der Waals surface area contributed by atoms with Crippen LogP contribution >= 0.6 is 0 Å². The molecule has 0 heterocycles. The normalized spacial score (nSPS) is 17.5. The fourth-order valence-electron chi connectivity index (χ4n) is 1.98. The van der Waals surface area contributed by atoms with Crippen LogP contribution in [-0.2, 0) is 9.53 Å². The second-order valence-corrected chi connectivity index (χ2v) is 4.77. The molecule has 0 fully saturated rings. The molecular weight excluding hydrogens is 190 g/mol. The zero-order chi connectivity index (χ0) is 11.6. The van der Waals surface area contributed by atoms with Crippen molar-refractivity contribution in [1.29, 1.82) is 0 Å². The van der Waals surface area contributed by atoms with Crippen LogP contribution in [0.5, 0.6) is 0 Å². The Balaban J connectivity index is 3.25. The second kappa shape index (κ2) is 4.09. The summed E-state index contributed by atoms with van der Waals surface area (Å²) in [6, 6.07) is 0. The molecule has 15 heavy (non-hydrogen) atoms. The van der Waals surface area contributed by atoms with Crippen molar-refractivity contribution < 1.29 is 9.53 Å². The molecule has 0 aromatic heterocycles. The quantitative estimate of drug-likeness (QED) is 0.757. The number of primary amides is 1. The van der Waals surface area contributed by atoms with Crippen molar-refractivity contribution in [3.63, 3.8) is 0 Å². The predicted molar refractivity (Wildman–Crippen MR) is 60.0 cm³/mol. The molecule has 1 rings (SSSR count). The SMILES string of the molecule is COC1=C(C(C)(C)C)C(C(N)=O)=CCC1. The summed E-state index contributed by atoms with van der Waals surface area (Å²) in [6.45, 7) is 6.18. The molecule has 1 aliphatic rings. The number of amides is 1. The molecule has 1 aliphatic carbocycles. The Labute approximate surface area is 91.0 Å². The maximum absolute atomic E-state index is 11.3. The van der Waals surface area contributed by atoms with Crippen molar-refractivity contribution in [2.24, 2.45) is 11.1 Å². The third-order valence-corrected chi connectivity index (χ3v) is 2.53. The van der Waals surface area contributed by atoms with Gasteiger partial charge in [-0.2, -0.15) is 0 Å². The molecule has 84 valence electrons. The van der Waals surface area contributed by atoms with Crippen molar-refractivity contribution in [1.82, 2.24) is 0 Å². The minimum Gasteiger partial charge on any atom is -0.501 e. The fraction of sp³-hybridized carbons (Fsp3) is 0.583. The van der Waals surface area contributed by atoms with Gasteiger partial charge in [-0.25, -0.2) is 0 Å². The molecule has 3 heteroatoms. The van der Waals surface area contributed by atoms with E-state index in [-0.39, 0.29) is 11.3 Å². The third kappa shape index (κ3) is 2.41. The molecule has 1 amide bonds. The number of nitrogens with two attached hydrogens (primary N) is 1. The van der Waals surface area contributed by atoms with E-state index in [4.69, 9.17) is 10.5 Å². The molecule has 0 bridgehead atoms. The lowest BCUT2D eigenvalue weighted by Crippen LogP contribution is -2.25. The summed E-state index contributed by atoms with van der Waals surface area (Å²) in [4.78, 5) is 11.3. The van der Waals surface area contributed by atoms with Crippen molar-refractivity contribution >= 4 is 5.91 Å². The van der Waals surface area contributed by atoms with Crippen LogP contribution in [0.25, 0.3) is 0 Å². The standard InChI is InChI=1S/C12H19NO2/c1-12(2,3)10-8(11(13)14)6-5-7-9(10)15-4/h6H,5,7H2,1-4H3,(H2,13,14). The second-order valence-electron chi connectivity index (χ2n) is 4.77. The molecule has 0 atom stereocenters. The van der Waals surface area contributed by atoms with E-state index < -0.39 is 0 Å². The number of carbonyl (C=O) groups is 1. The van der Waals surface area contributed by atoms with Gasteiger partial charge in [-0.3, -0.25) is 4.79 Å². The fourth-order valence-corrected chi connectivity index (χ4v) is 1.98. The molecule has 0 saturated carbocycles. The lowest BCUT2D eigenvalue weighted by molar-refractivity contribution is -0.114. The molecule has 0 spiro atoms. The van der Waals surface area contributed by atoms with Gasteiger partial charge in [0.15, 0.2) is 0 Å². The van der Waals surface area contributed by atoms with Crippen LogP contribution < -0.4 is 5.73 Å². The highest BCUT2D eigenvalue weighted by atomic mass is 16.5. The zero-order valence-electron chi connectivity index (χ0n) is 9.89. The lowest BCUT2D eigenvalue weighted by atomic mass is 9.78. The number of allylic oxidation sites excluding steroid dienone is 2. The summed E-state index contributed by atoms with van der Waals surface area (Å²) in [7, 11) is 1.64. The maximum Gasteiger partial charge on any atom is 0.248 e. The Hall–Kier alpha value is -1.25. The van der Waals surface area contributed by atoms with E-state index >= 15 is 0 Å². The Bertz CT molecular complexity index is 332. The highest BCUT2D eigenvalue weighted by Crippen LogP contribution is 2.38. The van der Waals surface area contributed by atoms with Gasteiger partial charge in [-0.15, -0.1) is 0 Å². The van der Waals surface area contributed by atoms with Crippen LogP contribution in [0.15, 0.2) is 23.0 Å². The van der Waals surface area contributed by atoms with Gasteiger partial charge in [0.25, 0.3) is 0 Å². The van der Waals surface area contributed by atoms with Crippen molar-refractivity contribution in [3.8, 4) is 0 Å². The molecule has 0 aliphatic heterocycles. The Morgan fingerprint density at radius 2 is 2.07 bits per heavy atom. The molecule has 0 aromatic carbocycles. The maximum atomic E-state index is 11.3. The summed E-state index contributed by atoms with van der Waals surface area (Å²) in [6.07, 6.45) is 3.58. The van der Waals surface area contributed by atoms with Gasteiger partial charge in [0, 0.05) is 17.6 Å². The summed E-state index contributed by atoms with van der Waals surface area (Å²) in [5.41, 5.74) is 6.82. The highest BCUT2D eigenvalue weighted by Gasteiger charge is 2.29. The van der Waals surface area contributed by atoms with Gasteiger partial charge in [-0.05, 0) is 11.8 Å². The topological polar surface area (TPSA) is 52.3 Å². The smallest absolute Gasteiger partial charge is 0.248 e. The zero-order valence-corrected chi connectivity index (χ0v) is 9.89. The van der Waals surface area contributed by atoms with Crippen molar-refractivity contribution in [2.75, 3.05) is 7.11 Å². The van der Waals surface area contributed by atoms with Crippen molar-refractivity contribution in [2.45, 2.75) is 33.6 Å². The van der Waals surface area contributed by atoms with E-state index in [0.717, 1.165) is 24.2 Å². The van der Waals surface area contributed by atoms with E-state index in [9.17, 15) is 4.79 Å². The minimum atomic E-state index is -0.367. The number of hydrogen-bond acceptors (Lipinski definition) is 2. The molecule has 2 N–H and O–H groups in total. The monoisotopic (exact) mass is 209 g/mol. The van der Waals surface area contributed by atoms with Gasteiger partial charge in [0.05, 0.1) is 7.11 Å². The van der Waals surface area contributed by atoms with Gasteiger partial charge < -0.3 is 10.5 Å². The van der Waals surface area contributed by atoms with Gasteiger partial charge in [-0.1, -0.05) is 26.8 Å². The molecule has 0 radical (unpaired) electrons. The van der Waals surface area contributed by atoms with Crippen LogP contribution in [0.2, 0.25) is 0 Å². The largest absolute Gasteiger partial charge is 0.501 e. The van der Waals surface area contributed by atoms with Crippen LogP contribution in [0.3, 0.4) is 0 Å². The van der Waals surface area contributed by atoms with E-state index in [0.29, 0.717) is 5.57 Å². The number of carbonyl (C=O) groups excluding carboxylic acids is 1. The Kier molecular flexibility index (Phi) is 3.22. The van der Waals surface area contributed by atoms with E-state index in [2.05, 4.69) is 20.8 Å². The third-order valence-electron chi connectivity index (χ3n) is 2.53. The Morgan fingerprint density at radius 3 is 2.47 bits per heavy atom. The summed E-state index contributed by atoms with van der Waals surface area (Å²) >= 11 is 0. The number of hydrogen-bond donors (Lipinski definition) is 1. The predicted octanol–water partition coefficient (Wildman–Crippen LogP) is 2.14. The average molecular weight is 209 g/mol. The first kappa shape index (κ1) is 11.8. The first-order chi connectivity index (χ1) is 6.88. The lowest BCUT2D eigenvalue weighted by Gasteiger charge is -2.29. The minimum absolute atomic E-state index is 0.118. The van der Waals surface area contributed by atoms with E-state index in [1.807, 2.05) is 6.08 Å². The number of ether oxygens (including phenoxy) is 1. The first-order valence-electron chi connectivity index (χ1n) is 5.16. The summed E-state index contributed by atoms with van der Waals surface area (Å²) < 4.78 is 5.34. The molecule has 3 nitrogen and oxygen atoms in total.